The fourth-order valence-electron chi connectivity index (χ4n) is 5.10. The molecule has 8 nitrogen and oxygen atoms in total. The van der Waals surface area contributed by atoms with Crippen LogP contribution in [0.5, 0.6) is 0 Å². The molecular formula is C32H34N6O2. The van der Waals surface area contributed by atoms with Crippen molar-refractivity contribution in [3.63, 3.8) is 0 Å². The maximum Gasteiger partial charge on any atom is 0.298 e. The molecule has 1 fully saturated rings. The van der Waals surface area contributed by atoms with Gasteiger partial charge in [0.1, 0.15) is 0 Å². The second kappa shape index (κ2) is 10.9. The highest BCUT2D eigenvalue weighted by molar-refractivity contribution is 6.06. The minimum absolute atomic E-state index is 0.0227. The lowest BCUT2D eigenvalue weighted by atomic mass is 9.86. The van der Waals surface area contributed by atoms with Crippen LogP contribution in [0.15, 0.2) is 54.7 Å². The van der Waals surface area contributed by atoms with E-state index in [2.05, 4.69) is 58.4 Å². The molecule has 0 radical (unpaired) electrons. The van der Waals surface area contributed by atoms with Crippen LogP contribution in [0.4, 0.5) is 11.5 Å². The Bertz CT molecular complexity index is 1640. The number of hydrogen-bond acceptors (Lipinski definition) is 5. The molecule has 1 saturated heterocycles. The number of carbonyl (C=O) groups excluding carboxylic acids is 2. The molecule has 5 rings (SSSR count). The molecule has 8 heteroatoms. The van der Waals surface area contributed by atoms with E-state index in [0.717, 1.165) is 34.2 Å². The smallest absolute Gasteiger partial charge is 0.298 e. The molecule has 0 spiro atoms. The van der Waals surface area contributed by atoms with Gasteiger partial charge in [-0.2, -0.15) is 5.10 Å². The largest absolute Gasteiger partial charge is 0.363 e. The van der Waals surface area contributed by atoms with E-state index in [0.29, 0.717) is 30.1 Å². The molecule has 1 atom stereocenters. The van der Waals surface area contributed by atoms with E-state index in [1.54, 1.807) is 18.0 Å². The average molecular weight is 535 g/mol. The van der Waals surface area contributed by atoms with Gasteiger partial charge in [0.25, 0.3) is 11.8 Å². The van der Waals surface area contributed by atoms with Crippen molar-refractivity contribution in [2.75, 3.05) is 23.7 Å². The van der Waals surface area contributed by atoms with E-state index in [-0.39, 0.29) is 23.3 Å². The van der Waals surface area contributed by atoms with E-state index in [4.69, 9.17) is 0 Å². The summed E-state index contributed by atoms with van der Waals surface area (Å²) in [5.41, 5.74) is 6.08. The molecule has 0 bridgehead atoms. The van der Waals surface area contributed by atoms with Crippen LogP contribution in [0.3, 0.4) is 0 Å². The minimum atomic E-state index is -0.153. The molecule has 2 amide bonds. The number of amides is 2. The molecule has 0 aliphatic carbocycles. The fourth-order valence-corrected chi connectivity index (χ4v) is 5.10. The summed E-state index contributed by atoms with van der Waals surface area (Å²) in [5, 5.41) is 15.0. The number of pyridine rings is 1. The Hall–Kier alpha value is -4.64. The van der Waals surface area contributed by atoms with Gasteiger partial charge in [0.05, 0.1) is 5.39 Å². The zero-order valence-electron chi connectivity index (χ0n) is 23.6. The van der Waals surface area contributed by atoms with E-state index in [1.165, 1.54) is 5.56 Å². The topological polar surface area (TPSA) is 103 Å². The summed E-state index contributed by atoms with van der Waals surface area (Å²) in [5.74, 6) is 5.68. The lowest BCUT2D eigenvalue weighted by molar-refractivity contribution is -0.124. The third kappa shape index (κ3) is 5.41. The first kappa shape index (κ1) is 26.9. The maximum absolute atomic E-state index is 13.1. The number of aromatic amines is 1. The fraction of sp³-hybridized carbons (Fsp3) is 0.312. The van der Waals surface area contributed by atoms with E-state index in [1.807, 2.05) is 55.5 Å². The van der Waals surface area contributed by atoms with Gasteiger partial charge in [-0.15, -0.1) is 0 Å². The van der Waals surface area contributed by atoms with Crippen LogP contribution in [0.1, 0.15) is 55.6 Å². The zero-order chi connectivity index (χ0) is 28.4. The lowest BCUT2D eigenvalue weighted by Crippen LogP contribution is -2.30. The van der Waals surface area contributed by atoms with Crippen LogP contribution in [0, 0.1) is 18.8 Å². The zero-order valence-corrected chi connectivity index (χ0v) is 23.6. The van der Waals surface area contributed by atoms with Crippen LogP contribution < -0.4 is 10.6 Å². The SMILES string of the molecule is CC#CC(=O)N1CCC(Nc2n[nH]c3nccc(-c4cccc(NC(=O)c5ccc(C(C)(C)C)cc5)c4C)c23)C1. The summed E-state index contributed by atoms with van der Waals surface area (Å²) in [4.78, 5) is 31.6. The molecule has 3 heterocycles. The predicted molar refractivity (Wildman–Crippen MR) is 159 cm³/mol. The molecular weight excluding hydrogens is 500 g/mol. The highest BCUT2D eigenvalue weighted by atomic mass is 16.2. The number of aromatic nitrogens is 3. The first-order chi connectivity index (χ1) is 19.2. The van der Waals surface area contributed by atoms with Crippen molar-refractivity contribution in [1.29, 1.82) is 0 Å². The standard InChI is InChI=1S/C32H34N6O2/c1-6-8-27(39)38-18-16-23(19-38)34-30-28-25(15-17-33-29(28)36-37-30)24-9-7-10-26(20(24)2)35-31(40)21-11-13-22(14-12-21)32(3,4)5/h7,9-15,17,23H,16,18-19H2,1-5H3,(H,35,40)(H2,33,34,36,37). The Labute approximate surface area is 234 Å². The number of carbonyl (C=O) groups is 2. The first-order valence-corrected chi connectivity index (χ1v) is 13.5. The molecule has 2 aromatic heterocycles. The summed E-state index contributed by atoms with van der Waals surface area (Å²) in [6.45, 7) is 11.3. The number of likely N-dealkylation sites (tertiary alicyclic amines) is 1. The van der Waals surface area contributed by atoms with Crippen molar-refractivity contribution in [3.05, 3.63) is 71.4 Å². The van der Waals surface area contributed by atoms with Gasteiger partial charge in [0.2, 0.25) is 0 Å². The number of rotatable bonds is 5. The van der Waals surface area contributed by atoms with E-state index >= 15 is 0 Å². The summed E-state index contributed by atoms with van der Waals surface area (Å²) >= 11 is 0. The summed E-state index contributed by atoms with van der Waals surface area (Å²) < 4.78 is 0. The Kier molecular flexibility index (Phi) is 7.31. The second-order valence-electron chi connectivity index (χ2n) is 11.2. The third-order valence-corrected chi connectivity index (χ3v) is 7.39. The van der Waals surface area contributed by atoms with Gasteiger partial charge in [0, 0.05) is 36.6 Å². The summed E-state index contributed by atoms with van der Waals surface area (Å²) in [6.07, 6.45) is 2.55. The highest BCUT2D eigenvalue weighted by Gasteiger charge is 2.27. The summed E-state index contributed by atoms with van der Waals surface area (Å²) in [7, 11) is 0. The molecule has 3 N–H and O–H groups in total. The molecule has 1 aliphatic heterocycles. The summed E-state index contributed by atoms with van der Waals surface area (Å²) in [6, 6.07) is 15.7. The molecule has 1 unspecified atom stereocenters. The van der Waals surface area contributed by atoms with Gasteiger partial charge in [-0.3, -0.25) is 14.7 Å². The minimum Gasteiger partial charge on any atom is -0.363 e. The quantitative estimate of drug-likeness (QED) is 0.293. The molecule has 40 heavy (non-hydrogen) atoms. The number of H-pyrrole nitrogens is 1. The Balaban J connectivity index is 1.41. The Morgan fingerprint density at radius 3 is 2.58 bits per heavy atom. The number of fused-ring (bicyclic) bond motifs is 1. The third-order valence-electron chi connectivity index (χ3n) is 7.39. The van der Waals surface area contributed by atoms with E-state index < -0.39 is 0 Å². The van der Waals surface area contributed by atoms with Gasteiger partial charge in [-0.25, -0.2) is 4.98 Å². The van der Waals surface area contributed by atoms with Crippen molar-refractivity contribution >= 4 is 34.4 Å². The van der Waals surface area contributed by atoms with Gasteiger partial charge in [-0.05, 0) is 78.1 Å². The van der Waals surface area contributed by atoms with Crippen LogP contribution in [0.25, 0.3) is 22.2 Å². The molecule has 4 aromatic rings. The number of anilines is 2. The monoisotopic (exact) mass is 534 g/mol. The van der Waals surface area contributed by atoms with Crippen molar-refractivity contribution in [1.82, 2.24) is 20.1 Å². The molecule has 2 aromatic carbocycles. The molecule has 1 aliphatic rings. The number of benzene rings is 2. The first-order valence-electron chi connectivity index (χ1n) is 13.5. The highest BCUT2D eigenvalue weighted by Crippen LogP contribution is 2.36. The van der Waals surface area contributed by atoms with Crippen LogP contribution in [-0.4, -0.2) is 51.0 Å². The predicted octanol–water partition coefficient (Wildman–Crippen LogP) is 5.52. The Morgan fingerprint density at radius 1 is 1.07 bits per heavy atom. The van der Waals surface area contributed by atoms with Gasteiger partial charge < -0.3 is 15.5 Å². The van der Waals surface area contributed by atoms with Gasteiger partial charge in [0.15, 0.2) is 11.5 Å². The Morgan fingerprint density at radius 2 is 1.85 bits per heavy atom. The average Bonchev–Trinajstić information content (AvgIpc) is 3.57. The molecule has 0 saturated carbocycles. The van der Waals surface area contributed by atoms with Crippen molar-refractivity contribution in [3.8, 4) is 23.0 Å². The van der Waals surface area contributed by atoms with Crippen molar-refractivity contribution < 1.29 is 9.59 Å². The van der Waals surface area contributed by atoms with Crippen LogP contribution in [-0.2, 0) is 10.2 Å². The van der Waals surface area contributed by atoms with Crippen molar-refractivity contribution in [2.45, 2.75) is 52.5 Å². The maximum atomic E-state index is 13.1. The number of hydrogen-bond donors (Lipinski definition) is 3. The van der Waals surface area contributed by atoms with Gasteiger partial charge in [-0.1, -0.05) is 51.0 Å². The van der Waals surface area contributed by atoms with Gasteiger partial charge >= 0.3 is 0 Å². The number of nitrogens with zero attached hydrogens (tertiary/aromatic N) is 3. The van der Waals surface area contributed by atoms with Crippen LogP contribution in [0.2, 0.25) is 0 Å². The lowest BCUT2D eigenvalue weighted by Gasteiger charge is -2.19. The van der Waals surface area contributed by atoms with Crippen molar-refractivity contribution in [2.24, 2.45) is 0 Å². The van der Waals surface area contributed by atoms with E-state index in [9.17, 15) is 9.59 Å². The number of nitrogens with one attached hydrogen (secondary N) is 3. The normalized spacial score (nSPS) is 15.0. The van der Waals surface area contributed by atoms with Crippen LogP contribution >= 0.6 is 0 Å². The molecule has 204 valence electrons. The second-order valence-corrected chi connectivity index (χ2v) is 11.2.